The van der Waals surface area contributed by atoms with Crippen LogP contribution in [0.4, 0.5) is 4.39 Å². The number of likely N-dealkylation sites (N-methyl/N-ethyl adjacent to an activating group) is 1. The minimum absolute atomic E-state index is 0.133. The van der Waals surface area contributed by atoms with E-state index in [1.807, 2.05) is 11.9 Å². The largest absolute Gasteiger partial charge is 0.298 e. The van der Waals surface area contributed by atoms with Crippen molar-refractivity contribution in [1.29, 1.82) is 0 Å². The van der Waals surface area contributed by atoms with Crippen molar-refractivity contribution in [2.75, 3.05) is 13.6 Å². The van der Waals surface area contributed by atoms with Gasteiger partial charge in [0.2, 0.25) is 0 Å². The highest BCUT2D eigenvalue weighted by Crippen LogP contribution is 2.21. The predicted molar refractivity (Wildman–Crippen MR) is 83.5 cm³/mol. The second-order valence-corrected chi connectivity index (χ2v) is 7.06. The molecule has 0 amide bonds. The van der Waals surface area contributed by atoms with E-state index in [2.05, 4.69) is 27.4 Å². The zero-order chi connectivity index (χ0) is 14.5. The van der Waals surface area contributed by atoms with Gasteiger partial charge in [0.05, 0.1) is 10.3 Å². The third kappa shape index (κ3) is 4.81. The average Bonchev–Trinajstić information content (AvgIpc) is 2.77. The van der Waals surface area contributed by atoms with Gasteiger partial charge in [0, 0.05) is 13.0 Å². The van der Waals surface area contributed by atoms with Gasteiger partial charge in [-0.15, -0.1) is 11.3 Å². The lowest BCUT2D eigenvalue weighted by atomic mass is 10.1. The van der Waals surface area contributed by atoms with Gasteiger partial charge in [-0.1, -0.05) is 12.1 Å². The highest BCUT2D eigenvalue weighted by atomic mass is 79.9. The van der Waals surface area contributed by atoms with Gasteiger partial charge in [-0.3, -0.25) is 9.69 Å². The summed E-state index contributed by atoms with van der Waals surface area (Å²) in [4.78, 5) is 13.9. The molecule has 0 unspecified atom stereocenters. The fourth-order valence-corrected chi connectivity index (χ4v) is 3.18. The molecule has 0 fully saturated rings. The normalized spacial score (nSPS) is 11.0. The summed E-state index contributed by atoms with van der Waals surface area (Å²) in [6.45, 7) is 1.14. The number of thiophene rings is 1. The van der Waals surface area contributed by atoms with Crippen molar-refractivity contribution in [1.82, 2.24) is 4.90 Å². The summed E-state index contributed by atoms with van der Waals surface area (Å²) in [6, 6.07) is 8.14. The van der Waals surface area contributed by atoms with Crippen molar-refractivity contribution in [3.05, 3.63) is 56.4 Å². The highest BCUT2D eigenvalue weighted by Gasteiger charge is 2.09. The fraction of sp³-hybridized carbons (Fsp3) is 0.267. The third-order valence-corrected chi connectivity index (χ3v) is 4.39. The number of hydrogen-bond acceptors (Lipinski definition) is 3. The zero-order valence-electron chi connectivity index (χ0n) is 11.1. The van der Waals surface area contributed by atoms with E-state index < -0.39 is 0 Å². The number of benzene rings is 1. The van der Waals surface area contributed by atoms with Crippen LogP contribution in [-0.4, -0.2) is 24.3 Å². The summed E-state index contributed by atoms with van der Waals surface area (Å²) in [5, 5.41) is 2.07. The molecule has 0 aliphatic rings. The molecule has 0 aliphatic carbocycles. The van der Waals surface area contributed by atoms with E-state index >= 15 is 0 Å². The number of nitrogens with zero attached hydrogens (tertiary/aromatic N) is 1. The predicted octanol–water partition coefficient (Wildman–Crippen LogP) is 3.89. The monoisotopic (exact) mass is 355 g/mol. The standard InChI is InChI=1S/C15H15BrFNOS/c1-18(8-12-7-15(16)20-10-12)9-14(19)6-11-2-4-13(17)5-3-11/h2-5,7,10H,6,8-9H2,1H3. The van der Waals surface area contributed by atoms with Crippen molar-refractivity contribution < 1.29 is 9.18 Å². The fourth-order valence-electron chi connectivity index (χ4n) is 1.98. The summed E-state index contributed by atoms with van der Waals surface area (Å²) in [6.07, 6.45) is 0.345. The Morgan fingerprint density at radius 3 is 2.60 bits per heavy atom. The second-order valence-electron chi connectivity index (χ2n) is 4.77. The van der Waals surface area contributed by atoms with Crippen molar-refractivity contribution in [3.63, 3.8) is 0 Å². The van der Waals surface area contributed by atoms with Gasteiger partial charge in [0.25, 0.3) is 0 Å². The molecule has 20 heavy (non-hydrogen) atoms. The molecular weight excluding hydrogens is 341 g/mol. The Morgan fingerprint density at radius 2 is 2.00 bits per heavy atom. The molecule has 1 aromatic heterocycles. The van der Waals surface area contributed by atoms with Crippen LogP contribution in [0, 0.1) is 5.82 Å². The number of hydrogen-bond donors (Lipinski definition) is 0. The summed E-state index contributed by atoms with van der Waals surface area (Å²) in [5.41, 5.74) is 2.04. The molecule has 1 aromatic carbocycles. The molecule has 0 radical (unpaired) electrons. The molecule has 0 saturated heterocycles. The highest BCUT2D eigenvalue weighted by molar-refractivity contribution is 9.11. The average molecular weight is 356 g/mol. The zero-order valence-corrected chi connectivity index (χ0v) is 13.5. The summed E-state index contributed by atoms with van der Waals surface area (Å²) >= 11 is 5.06. The Balaban J connectivity index is 1.83. The van der Waals surface area contributed by atoms with Crippen molar-refractivity contribution >= 4 is 33.0 Å². The Labute approximate surface area is 130 Å². The first-order valence-corrected chi connectivity index (χ1v) is 7.88. The molecular formula is C15H15BrFNOS. The maximum absolute atomic E-state index is 12.8. The first kappa shape index (κ1) is 15.4. The van der Waals surface area contributed by atoms with Crippen LogP contribution in [0.1, 0.15) is 11.1 Å². The van der Waals surface area contributed by atoms with Crippen LogP contribution < -0.4 is 0 Å². The van der Waals surface area contributed by atoms with E-state index in [1.54, 1.807) is 23.5 Å². The van der Waals surface area contributed by atoms with Gasteiger partial charge >= 0.3 is 0 Å². The van der Waals surface area contributed by atoms with Gasteiger partial charge in [-0.05, 0) is 57.7 Å². The smallest absolute Gasteiger partial charge is 0.151 e. The molecule has 0 N–H and O–H groups in total. The summed E-state index contributed by atoms with van der Waals surface area (Å²) < 4.78 is 13.9. The van der Waals surface area contributed by atoms with Gasteiger partial charge < -0.3 is 0 Å². The Bertz CT molecular complexity index is 582. The number of carbonyl (C=O) groups is 1. The quantitative estimate of drug-likeness (QED) is 0.783. The lowest BCUT2D eigenvalue weighted by Gasteiger charge is -2.14. The van der Waals surface area contributed by atoms with Crippen LogP contribution in [0.15, 0.2) is 39.5 Å². The first-order chi connectivity index (χ1) is 9.52. The summed E-state index contributed by atoms with van der Waals surface area (Å²) in [7, 11) is 1.92. The number of Topliss-reactive ketones (excluding diaryl/α,β-unsaturated/α-hetero) is 1. The van der Waals surface area contributed by atoms with E-state index in [-0.39, 0.29) is 11.6 Å². The lowest BCUT2D eigenvalue weighted by molar-refractivity contribution is -0.119. The molecule has 2 aromatic rings. The first-order valence-electron chi connectivity index (χ1n) is 6.20. The second kappa shape index (κ2) is 7.11. The van der Waals surface area contributed by atoms with Crippen LogP contribution in [0.2, 0.25) is 0 Å². The van der Waals surface area contributed by atoms with Crippen molar-refractivity contribution in [2.24, 2.45) is 0 Å². The van der Waals surface area contributed by atoms with Gasteiger partial charge in [0.1, 0.15) is 5.82 Å². The van der Waals surface area contributed by atoms with Crippen molar-refractivity contribution in [2.45, 2.75) is 13.0 Å². The SMILES string of the molecule is CN(CC(=O)Cc1ccc(F)cc1)Cc1csc(Br)c1. The molecule has 0 saturated carbocycles. The lowest BCUT2D eigenvalue weighted by Crippen LogP contribution is -2.26. The van der Waals surface area contributed by atoms with Gasteiger partial charge in [-0.2, -0.15) is 0 Å². The van der Waals surface area contributed by atoms with Crippen LogP contribution in [0.3, 0.4) is 0 Å². The number of halogens is 2. The number of carbonyl (C=O) groups excluding carboxylic acids is 1. The topological polar surface area (TPSA) is 20.3 Å². The molecule has 0 bridgehead atoms. The Morgan fingerprint density at radius 1 is 1.30 bits per heavy atom. The van der Waals surface area contributed by atoms with E-state index in [1.165, 1.54) is 17.7 Å². The van der Waals surface area contributed by atoms with Crippen LogP contribution in [-0.2, 0) is 17.8 Å². The maximum atomic E-state index is 12.8. The molecule has 106 valence electrons. The Kier molecular flexibility index (Phi) is 5.46. The molecule has 1 heterocycles. The third-order valence-electron chi connectivity index (χ3n) is 2.84. The summed E-state index contributed by atoms with van der Waals surface area (Å²) in [5.74, 6) is -0.144. The van der Waals surface area contributed by atoms with Crippen LogP contribution in [0.25, 0.3) is 0 Å². The molecule has 0 aliphatic heterocycles. The molecule has 0 atom stereocenters. The number of rotatable bonds is 6. The minimum atomic E-state index is -0.277. The van der Waals surface area contributed by atoms with Crippen LogP contribution >= 0.6 is 27.3 Å². The molecule has 2 rings (SSSR count). The maximum Gasteiger partial charge on any atom is 0.151 e. The van der Waals surface area contributed by atoms with E-state index in [4.69, 9.17) is 0 Å². The molecule has 5 heteroatoms. The molecule has 0 spiro atoms. The van der Waals surface area contributed by atoms with E-state index in [9.17, 15) is 9.18 Å². The van der Waals surface area contributed by atoms with E-state index in [0.29, 0.717) is 13.0 Å². The Hall–Kier alpha value is -1.04. The van der Waals surface area contributed by atoms with Crippen LogP contribution in [0.5, 0.6) is 0 Å². The number of ketones is 1. The molecule has 2 nitrogen and oxygen atoms in total. The van der Waals surface area contributed by atoms with E-state index in [0.717, 1.165) is 15.9 Å². The minimum Gasteiger partial charge on any atom is -0.298 e. The van der Waals surface area contributed by atoms with Gasteiger partial charge in [-0.25, -0.2) is 4.39 Å². The van der Waals surface area contributed by atoms with Crippen molar-refractivity contribution in [3.8, 4) is 0 Å². The van der Waals surface area contributed by atoms with Gasteiger partial charge in [0.15, 0.2) is 5.78 Å².